The summed E-state index contributed by atoms with van der Waals surface area (Å²) in [7, 11) is 0. The van der Waals surface area contributed by atoms with E-state index in [0.29, 0.717) is 25.6 Å². The van der Waals surface area contributed by atoms with Crippen molar-refractivity contribution in [2.24, 2.45) is 0 Å². The zero-order valence-corrected chi connectivity index (χ0v) is 9.67. The summed E-state index contributed by atoms with van der Waals surface area (Å²) < 4.78 is 5.63. The fourth-order valence-electron chi connectivity index (χ4n) is 2.08. The van der Waals surface area contributed by atoms with Crippen molar-refractivity contribution < 1.29 is 14.3 Å². The molecule has 3 rings (SSSR count). The highest BCUT2D eigenvalue weighted by molar-refractivity contribution is 5.76. The van der Waals surface area contributed by atoms with E-state index in [9.17, 15) is 4.79 Å². The van der Waals surface area contributed by atoms with E-state index in [2.05, 4.69) is 10.3 Å². The summed E-state index contributed by atoms with van der Waals surface area (Å²) in [5.74, 6) is -0.851. The average Bonchev–Trinajstić information content (AvgIpc) is 2.82. The molecule has 2 N–H and O–H groups in total. The minimum absolute atomic E-state index is 0.363. The number of hydrogen-bond acceptors (Lipinski definition) is 5. The molecule has 0 spiro atoms. The van der Waals surface area contributed by atoms with Crippen molar-refractivity contribution in [3.63, 3.8) is 0 Å². The van der Waals surface area contributed by atoms with Crippen molar-refractivity contribution in [1.82, 2.24) is 10.3 Å². The molecule has 6 heteroatoms. The van der Waals surface area contributed by atoms with Crippen molar-refractivity contribution in [3.8, 4) is 0 Å². The number of para-hydroxylation sites is 2. The van der Waals surface area contributed by atoms with Gasteiger partial charge < -0.3 is 19.7 Å². The molecular weight excluding hydrogens is 234 g/mol. The van der Waals surface area contributed by atoms with E-state index in [4.69, 9.17) is 9.52 Å². The van der Waals surface area contributed by atoms with Crippen LogP contribution >= 0.6 is 0 Å². The first kappa shape index (κ1) is 11.0. The maximum absolute atomic E-state index is 11.0. The van der Waals surface area contributed by atoms with Crippen molar-refractivity contribution in [2.75, 3.05) is 24.5 Å². The van der Waals surface area contributed by atoms with Gasteiger partial charge in [0.1, 0.15) is 11.6 Å². The fraction of sp³-hybridized carbons (Fsp3) is 0.333. The summed E-state index contributed by atoms with van der Waals surface area (Å²) in [4.78, 5) is 17.2. The van der Waals surface area contributed by atoms with E-state index in [1.54, 1.807) is 0 Å². The van der Waals surface area contributed by atoms with Crippen LogP contribution in [0.15, 0.2) is 28.7 Å². The third-order valence-corrected chi connectivity index (χ3v) is 3.03. The number of rotatable bonds is 2. The second kappa shape index (κ2) is 4.30. The molecule has 2 heterocycles. The van der Waals surface area contributed by atoms with Crippen LogP contribution in [0.5, 0.6) is 0 Å². The summed E-state index contributed by atoms with van der Waals surface area (Å²) in [5, 5.41) is 11.9. The van der Waals surface area contributed by atoms with Crippen LogP contribution in [0.25, 0.3) is 11.1 Å². The highest BCUT2D eigenvalue weighted by atomic mass is 16.4. The van der Waals surface area contributed by atoms with Gasteiger partial charge in [0.25, 0.3) is 6.01 Å². The quantitative estimate of drug-likeness (QED) is 0.813. The molecule has 2 aromatic rings. The number of carboxylic acid groups (broad SMARTS) is 1. The van der Waals surface area contributed by atoms with Crippen LogP contribution in [-0.4, -0.2) is 41.7 Å². The van der Waals surface area contributed by atoms with Gasteiger partial charge in [-0.25, -0.2) is 0 Å². The number of anilines is 1. The Morgan fingerprint density at radius 3 is 3.11 bits per heavy atom. The number of aromatic nitrogens is 1. The van der Waals surface area contributed by atoms with Crippen LogP contribution in [0.3, 0.4) is 0 Å². The predicted molar refractivity (Wildman–Crippen MR) is 65.6 cm³/mol. The van der Waals surface area contributed by atoms with Crippen LogP contribution in [0.2, 0.25) is 0 Å². The molecule has 1 atom stereocenters. The Morgan fingerprint density at radius 2 is 2.33 bits per heavy atom. The van der Waals surface area contributed by atoms with Crippen LogP contribution in [0.4, 0.5) is 6.01 Å². The Kier molecular flexibility index (Phi) is 2.64. The molecule has 0 amide bonds. The fourth-order valence-corrected chi connectivity index (χ4v) is 2.08. The maximum Gasteiger partial charge on any atom is 0.322 e. The van der Waals surface area contributed by atoms with E-state index in [1.165, 1.54) is 0 Å². The van der Waals surface area contributed by atoms with E-state index in [0.717, 1.165) is 11.1 Å². The van der Waals surface area contributed by atoms with Crippen molar-refractivity contribution >= 4 is 23.1 Å². The second-order valence-electron chi connectivity index (χ2n) is 4.26. The van der Waals surface area contributed by atoms with Gasteiger partial charge in [0.15, 0.2) is 5.58 Å². The zero-order chi connectivity index (χ0) is 12.5. The maximum atomic E-state index is 11.0. The van der Waals surface area contributed by atoms with Gasteiger partial charge in [-0.2, -0.15) is 4.98 Å². The minimum atomic E-state index is -0.851. The molecule has 0 aliphatic carbocycles. The van der Waals surface area contributed by atoms with E-state index >= 15 is 0 Å². The molecule has 0 radical (unpaired) electrons. The van der Waals surface area contributed by atoms with E-state index < -0.39 is 12.0 Å². The normalized spacial score (nSPS) is 20.2. The molecule has 0 bridgehead atoms. The number of hydrogen-bond donors (Lipinski definition) is 2. The monoisotopic (exact) mass is 247 g/mol. The molecule has 6 nitrogen and oxygen atoms in total. The van der Waals surface area contributed by atoms with Crippen molar-refractivity contribution in [3.05, 3.63) is 24.3 Å². The topological polar surface area (TPSA) is 78.6 Å². The van der Waals surface area contributed by atoms with Gasteiger partial charge in [-0.1, -0.05) is 12.1 Å². The number of piperazine rings is 1. The lowest BCUT2D eigenvalue weighted by molar-refractivity contribution is -0.139. The smallest absolute Gasteiger partial charge is 0.322 e. The Bertz CT molecular complexity index is 548. The summed E-state index contributed by atoms with van der Waals surface area (Å²) in [6, 6.07) is 7.42. The molecule has 1 fully saturated rings. The number of benzene rings is 1. The van der Waals surface area contributed by atoms with Crippen LogP contribution < -0.4 is 10.2 Å². The highest BCUT2D eigenvalue weighted by Gasteiger charge is 2.27. The van der Waals surface area contributed by atoms with Gasteiger partial charge in [-0.05, 0) is 12.1 Å². The number of carboxylic acids is 1. The van der Waals surface area contributed by atoms with Crippen LogP contribution in [0.1, 0.15) is 0 Å². The molecule has 94 valence electrons. The number of oxazole rings is 1. The molecule has 1 aliphatic heterocycles. The summed E-state index contributed by atoms with van der Waals surface area (Å²) in [5.41, 5.74) is 1.51. The number of nitrogens with one attached hydrogen (secondary N) is 1. The first-order valence-corrected chi connectivity index (χ1v) is 5.81. The van der Waals surface area contributed by atoms with Crippen molar-refractivity contribution in [1.29, 1.82) is 0 Å². The zero-order valence-electron chi connectivity index (χ0n) is 9.67. The Balaban J connectivity index is 1.87. The third-order valence-electron chi connectivity index (χ3n) is 3.03. The molecule has 1 saturated heterocycles. The van der Waals surface area contributed by atoms with Crippen LogP contribution in [-0.2, 0) is 4.79 Å². The van der Waals surface area contributed by atoms with Gasteiger partial charge >= 0.3 is 5.97 Å². The minimum Gasteiger partial charge on any atom is -0.480 e. The number of nitrogens with zero attached hydrogens (tertiary/aromatic N) is 2. The Labute approximate surface area is 103 Å². The second-order valence-corrected chi connectivity index (χ2v) is 4.26. The number of aliphatic carboxylic acids is 1. The van der Waals surface area contributed by atoms with Gasteiger partial charge in [-0.15, -0.1) is 0 Å². The molecule has 1 aromatic carbocycles. The average molecular weight is 247 g/mol. The summed E-state index contributed by atoms with van der Waals surface area (Å²) in [6.45, 7) is 1.66. The van der Waals surface area contributed by atoms with Crippen LogP contribution in [0, 0.1) is 0 Å². The largest absolute Gasteiger partial charge is 0.480 e. The predicted octanol–water partition coefficient (Wildman–Crippen LogP) is 0.691. The summed E-state index contributed by atoms with van der Waals surface area (Å²) >= 11 is 0. The van der Waals surface area contributed by atoms with E-state index in [1.807, 2.05) is 29.2 Å². The number of carbonyl (C=O) groups is 1. The summed E-state index contributed by atoms with van der Waals surface area (Å²) in [6.07, 6.45) is 0. The lowest BCUT2D eigenvalue weighted by Crippen LogP contribution is -2.54. The van der Waals surface area contributed by atoms with E-state index in [-0.39, 0.29) is 0 Å². The SMILES string of the molecule is O=C(O)[C@@H]1CN(c2nc3ccccc3o2)CCN1. The highest BCUT2D eigenvalue weighted by Crippen LogP contribution is 2.22. The standard InChI is InChI=1S/C12H13N3O3/c16-11(17)9-7-15(6-5-13-9)12-14-8-3-1-2-4-10(8)18-12/h1-4,9,13H,5-7H2,(H,16,17)/t9-/m0/s1. The molecule has 1 aromatic heterocycles. The Hall–Kier alpha value is -2.08. The molecule has 0 unspecified atom stereocenters. The lowest BCUT2D eigenvalue weighted by Gasteiger charge is -2.30. The first-order chi connectivity index (χ1) is 8.74. The lowest BCUT2D eigenvalue weighted by atomic mass is 10.2. The molecule has 0 saturated carbocycles. The number of fused-ring (bicyclic) bond motifs is 1. The molecule has 18 heavy (non-hydrogen) atoms. The molecular formula is C12H13N3O3. The van der Waals surface area contributed by atoms with Gasteiger partial charge in [0.05, 0.1) is 0 Å². The van der Waals surface area contributed by atoms with Gasteiger partial charge in [0, 0.05) is 19.6 Å². The van der Waals surface area contributed by atoms with Gasteiger partial charge in [-0.3, -0.25) is 4.79 Å². The molecule has 1 aliphatic rings. The van der Waals surface area contributed by atoms with Gasteiger partial charge in [0.2, 0.25) is 0 Å². The third kappa shape index (κ3) is 1.91. The van der Waals surface area contributed by atoms with Crippen molar-refractivity contribution in [2.45, 2.75) is 6.04 Å². The first-order valence-electron chi connectivity index (χ1n) is 5.81. The Morgan fingerprint density at radius 1 is 1.50 bits per heavy atom.